The molecule has 2 unspecified atom stereocenters. The molecule has 17 heavy (non-hydrogen) atoms. The van der Waals surface area contributed by atoms with Gasteiger partial charge in [0.2, 0.25) is 0 Å². The SMILES string of the molecule is CN1CCN(CCOC2CCCC2CN)CC1. The van der Waals surface area contributed by atoms with Crippen molar-refractivity contribution in [3.8, 4) is 0 Å². The molecule has 100 valence electrons. The average Bonchev–Trinajstić information content (AvgIpc) is 2.79. The second kappa shape index (κ2) is 6.69. The third-order valence-electron chi connectivity index (χ3n) is 4.23. The van der Waals surface area contributed by atoms with Crippen LogP contribution < -0.4 is 5.73 Å². The van der Waals surface area contributed by atoms with Crippen molar-refractivity contribution < 1.29 is 4.74 Å². The van der Waals surface area contributed by atoms with Gasteiger partial charge in [0.05, 0.1) is 12.7 Å². The van der Waals surface area contributed by atoms with Crippen LogP contribution in [-0.4, -0.2) is 68.8 Å². The van der Waals surface area contributed by atoms with E-state index in [1.165, 1.54) is 45.4 Å². The summed E-state index contributed by atoms with van der Waals surface area (Å²) in [5.74, 6) is 0.613. The molecule has 0 aromatic heterocycles. The zero-order valence-electron chi connectivity index (χ0n) is 11.1. The summed E-state index contributed by atoms with van der Waals surface area (Å²) in [6.07, 6.45) is 4.20. The molecule has 2 N–H and O–H groups in total. The number of hydrogen-bond acceptors (Lipinski definition) is 4. The average molecular weight is 241 g/mol. The lowest BCUT2D eigenvalue weighted by molar-refractivity contribution is 0.0117. The van der Waals surface area contributed by atoms with Crippen LogP contribution in [0, 0.1) is 5.92 Å². The number of hydrogen-bond donors (Lipinski definition) is 1. The van der Waals surface area contributed by atoms with Crippen molar-refractivity contribution in [2.24, 2.45) is 11.7 Å². The van der Waals surface area contributed by atoms with Crippen molar-refractivity contribution in [1.82, 2.24) is 9.80 Å². The topological polar surface area (TPSA) is 41.7 Å². The van der Waals surface area contributed by atoms with Gasteiger partial charge in [-0.15, -0.1) is 0 Å². The monoisotopic (exact) mass is 241 g/mol. The molecule has 4 nitrogen and oxygen atoms in total. The first-order valence-corrected chi connectivity index (χ1v) is 7.02. The molecule has 0 aromatic rings. The van der Waals surface area contributed by atoms with Gasteiger partial charge in [0.15, 0.2) is 0 Å². The highest BCUT2D eigenvalue weighted by atomic mass is 16.5. The third-order valence-corrected chi connectivity index (χ3v) is 4.23. The highest BCUT2D eigenvalue weighted by Gasteiger charge is 2.26. The maximum Gasteiger partial charge on any atom is 0.0616 e. The Morgan fingerprint density at radius 3 is 2.65 bits per heavy atom. The van der Waals surface area contributed by atoms with Crippen molar-refractivity contribution in [2.75, 3.05) is 52.9 Å². The van der Waals surface area contributed by atoms with Gasteiger partial charge in [-0.05, 0) is 32.4 Å². The lowest BCUT2D eigenvalue weighted by atomic mass is 10.1. The van der Waals surface area contributed by atoms with Gasteiger partial charge in [-0.2, -0.15) is 0 Å². The molecule has 1 aliphatic heterocycles. The van der Waals surface area contributed by atoms with Gasteiger partial charge in [0.25, 0.3) is 0 Å². The first-order chi connectivity index (χ1) is 8.29. The molecule has 2 aliphatic rings. The molecule has 0 amide bonds. The van der Waals surface area contributed by atoms with Crippen LogP contribution >= 0.6 is 0 Å². The lowest BCUT2D eigenvalue weighted by Gasteiger charge is -2.32. The second-order valence-corrected chi connectivity index (χ2v) is 5.48. The Morgan fingerprint density at radius 1 is 1.18 bits per heavy atom. The van der Waals surface area contributed by atoms with E-state index < -0.39 is 0 Å². The van der Waals surface area contributed by atoms with Crippen LogP contribution in [-0.2, 0) is 4.74 Å². The fourth-order valence-corrected chi connectivity index (χ4v) is 2.90. The fraction of sp³-hybridized carbons (Fsp3) is 1.00. The van der Waals surface area contributed by atoms with E-state index in [2.05, 4.69) is 16.8 Å². The molecular formula is C13H27N3O. The summed E-state index contributed by atoms with van der Waals surface area (Å²) in [6, 6.07) is 0. The predicted octanol–water partition coefficient (Wildman–Crippen LogP) is 0.378. The fourth-order valence-electron chi connectivity index (χ4n) is 2.90. The van der Waals surface area contributed by atoms with Crippen LogP contribution in [0.3, 0.4) is 0 Å². The van der Waals surface area contributed by atoms with Crippen LogP contribution in [0.1, 0.15) is 19.3 Å². The van der Waals surface area contributed by atoms with Gasteiger partial charge < -0.3 is 15.4 Å². The van der Waals surface area contributed by atoms with E-state index in [-0.39, 0.29) is 0 Å². The zero-order valence-corrected chi connectivity index (χ0v) is 11.1. The van der Waals surface area contributed by atoms with Crippen LogP contribution in [0.25, 0.3) is 0 Å². The normalized spacial score (nSPS) is 32.1. The van der Waals surface area contributed by atoms with E-state index >= 15 is 0 Å². The van der Waals surface area contributed by atoms with Gasteiger partial charge >= 0.3 is 0 Å². The van der Waals surface area contributed by atoms with Gasteiger partial charge in [-0.1, -0.05) is 6.42 Å². The molecule has 2 atom stereocenters. The van der Waals surface area contributed by atoms with E-state index in [0.29, 0.717) is 12.0 Å². The van der Waals surface area contributed by atoms with Crippen LogP contribution in [0.15, 0.2) is 0 Å². The molecule has 4 heteroatoms. The van der Waals surface area contributed by atoms with E-state index in [4.69, 9.17) is 10.5 Å². The van der Waals surface area contributed by atoms with E-state index in [1.807, 2.05) is 0 Å². The molecular weight excluding hydrogens is 214 g/mol. The summed E-state index contributed by atoms with van der Waals surface area (Å²) in [5, 5.41) is 0. The van der Waals surface area contributed by atoms with E-state index in [1.54, 1.807) is 0 Å². The van der Waals surface area contributed by atoms with Crippen molar-refractivity contribution in [3.63, 3.8) is 0 Å². The summed E-state index contributed by atoms with van der Waals surface area (Å²) >= 11 is 0. The Labute approximate surface area is 105 Å². The quantitative estimate of drug-likeness (QED) is 0.755. The van der Waals surface area contributed by atoms with Crippen LogP contribution in [0.2, 0.25) is 0 Å². The van der Waals surface area contributed by atoms with Crippen molar-refractivity contribution in [2.45, 2.75) is 25.4 Å². The Hall–Kier alpha value is -0.160. The number of nitrogens with zero attached hydrogens (tertiary/aromatic N) is 2. The zero-order chi connectivity index (χ0) is 12.1. The smallest absolute Gasteiger partial charge is 0.0616 e. The Morgan fingerprint density at radius 2 is 1.94 bits per heavy atom. The molecule has 1 aliphatic carbocycles. The molecule has 0 spiro atoms. The number of piperazine rings is 1. The van der Waals surface area contributed by atoms with Gasteiger partial charge in [0, 0.05) is 32.7 Å². The maximum atomic E-state index is 6.00. The molecule has 0 radical (unpaired) electrons. The van der Waals surface area contributed by atoms with Gasteiger partial charge in [0.1, 0.15) is 0 Å². The van der Waals surface area contributed by atoms with E-state index in [9.17, 15) is 0 Å². The predicted molar refractivity (Wildman–Crippen MR) is 70.1 cm³/mol. The minimum absolute atomic E-state index is 0.437. The first kappa shape index (κ1) is 13.3. The Balaban J connectivity index is 1.59. The Kier molecular flexibility index (Phi) is 5.22. The summed E-state index contributed by atoms with van der Waals surface area (Å²) in [7, 11) is 2.19. The summed E-state index contributed by atoms with van der Waals surface area (Å²) in [5.41, 5.74) is 5.76. The lowest BCUT2D eigenvalue weighted by Crippen LogP contribution is -2.45. The maximum absolute atomic E-state index is 6.00. The minimum Gasteiger partial charge on any atom is -0.377 e. The largest absolute Gasteiger partial charge is 0.377 e. The van der Waals surface area contributed by atoms with Crippen molar-refractivity contribution >= 4 is 0 Å². The number of likely N-dealkylation sites (N-methyl/N-ethyl adjacent to an activating group) is 1. The first-order valence-electron chi connectivity index (χ1n) is 7.02. The number of rotatable bonds is 5. The standard InChI is InChI=1S/C13H27N3O/c1-15-5-7-16(8-6-15)9-10-17-13-4-2-3-12(13)11-14/h12-13H,2-11,14H2,1H3. The highest BCUT2D eigenvalue weighted by molar-refractivity contribution is 4.79. The molecule has 2 rings (SSSR count). The highest BCUT2D eigenvalue weighted by Crippen LogP contribution is 2.27. The van der Waals surface area contributed by atoms with Gasteiger partial charge in [-0.3, -0.25) is 4.90 Å². The summed E-state index contributed by atoms with van der Waals surface area (Å²) < 4.78 is 6.00. The van der Waals surface area contributed by atoms with Crippen LogP contribution in [0.5, 0.6) is 0 Å². The summed E-state index contributed by atoms with van der Waals surface area (Å²) in [6.45, 7) is 7.51. The third kappa shape index (κ3) is 3.91. The molecule has 1 heterocycles. The van der Waals surface area contributed by atoms with Crippen LogP contribution in [0.4, 0.5) is 0 Å². The molecule has 2 fully saturated rings. The summed E-state index contributed by atoms with van der Waals surface area (Å²) in [4.78, 5) is 4.89. The van der Waals surface area contributed by atoms with Gasteiger partial charge in [-0.25, -0.2) is 0 Å². The second-order valence-electron chi connectivity index (χ2n) is 5.48. The van der Waals surface area contributed by atoms with Crippen molar-refractivity contribution in [3.05, 3.63) is 0 Å². The Bertz CT molecular complexity index is 217. The molecule has 1 saturated carbocycles. The molecule has 0 aromatic carbocycles. The number of ether oxygens (including phenoxy) is 1. The molecule has 1 saturated heterocycles. The molecule has 0 bridgehead atoms. The number of nitrogens with two attached hydrogens (primary N) is 1. The minimum atomic E-state index is 0.437. The van der Waals surface area contributed by atoms with Crippen molar-refractivity contribution in [1.29, 1.82) is 0 Å². The van der Waals surface area contributed by atoms with E-state index in [0.717, 1.165) is 19.7 Å².